The third-order valence-electron chi connectivity index (χ3n) is 2.06. The predicted molar refractivity (Wildman–Crippen MR) is 52.6 cm³/mol. The third-order valence-corrected chi connectivity index (χ3v) is 2.06. The Balaban J connectivity index is 2.45. The number of aliphatic hydroxyl groups excluding tert-OH is 1. The third kappa shape index (κ3) is 1.49. The van der Waals surface area contributed by atoms with Crippen molar-refractivity contribution in [3.63, 3.8) is 0 Å². The first-order valence-corrected chi connectivity index (χ1v) is 4.47. The highest BCUT2D eigenvalue weighted by molar-refractivity contribution is 5.72. The summed E-state index contributed by atoms with van der Waals surface area (Å²) in [4.78, 5) is 4.14. The van der Waals surface area contributed by atoms with Gasteiger partial charge in [-0.25, -0.2) is 4.98 Å². The van der Waals surface area contributed by atoms with E-state index in [2.05, 4.69) is 4.98 Å². The molecule has 0 aliphatic rings. The van der Waals surface area contributed by atoms with Gasteiger partial charge >= 0.3 is 0 Å². The van der Waals surface area contributed by atoms with Crippen molar-refractivity contribution in [1.29, 1.82) is 0 Å². The van der Waals surface area contributed by atoms with Gasteiger partial charge in [-0.1, -0.05) is 12.1 Å². The molecule has 0 saturated carbocycles. The molecular weight excluding hydrogens is 180 g/mol. The van der Waals surface area contributed by atoms with Crippen LogP contribution in [0.4, 0.5) is 0 Å². The van der Waals surface area contributed by atoms with Gasteiger partial charge in [0.1, 0.15) is 11.6 Å². The lowest BCUT2D eigenvalue weighted by Gasteiger charge is -2.08. The SMILES string of the molecule is C[C@@H](N)[C@@H](O)c1nc2ccccc2o1. The van der Waals surface area contributed by atoms with Crippen LogP contribution in [-0.4, -0.2) is 16.1 Å². The smallest absolute Gasteiger partial charge is 0.225 e. The summed E-state index contributed by atoms with van der Waals surface area (Å²) in [7, 11) is 0. The summed E-state index contributed by atoms with van der Waals surface area (Å²) >= 11 is 0. The van der Waals surface area contributed by atoms with Crippen molar-refractivity contribution in [1.82, 2.24) is 4.98 Å². The molecule has 1 heterocycles. The zero-order chi connectivity index (χ0) is 10.1. The Hall–Kier alpha value is -1.39. The normalized spacial score (nSPS) is 15.6. The van der Waals surface area contributed by atoms with Crippen molar-refractivity contribution >= 4 is 11.1 Å². The summed E-state index contributed by atoms with van der Waals surface area (Å²) in [6.07, 6.45) is -0.845. The fraction of sp³-hybridized carbons (Fsp3) is 0.300. The highest BCUT2D eigenvalue weighted by Crippen LogP contribution is 2.20. The fourth-order valence-corrected chi connectivity index (χ4v) is 1.24. The summed E-state index contributed by atoms with van der Waals surface area (Å²) in [5.74, 6) is 0.279. The van der Waals surface area contributed by atoms with Crippen molar-refractivity contribution in [2.24, 2.45) is 5.73 Å². The highest BCUT2D eigenvalue weighted by Gasteiger charge is 2.18. The Labute approximate surface area is 81.4 Å². The van der Waals surface area contributed by atoms with Crippen LogP contribution in [0.3, 0.4) is 0 Å². The van der Waals surface area contributed by atoms with Crippen LogP contribution in [0.5, 0.6) is 0 Å². The minimum atomic E-state index is -0.845. The zero-order valence-electron chi connectivity index (χ0n) is 7.84. The lowest BCUT2D eigenvalue weighted by Crippen LogP contribution is -2.24. The Morgan fingerprint density at radius 2 is 2.14 bits per heavy atom. The molecule has 1 aromatic heterocycles. The summed E-state index contributed by atoms with van der Waals surface area (Å²) in [5, 5.41) is 9.62. The zero-order valence-corrected chi connectivity index (χ0v) is 7.84. The molecule has 74 valence electrons. The molecular formula is C10H12N2O2. The van der Waals surface area contributed by atoms with E-state index in [4.69, 9.17) is 10.2 Å². The Kier molecular flexibility index (Phi) is 2.23. The maximum atomic E-state index is 9.62. The number of hydrogen-bond acceptors (Lipinski definition) is 4. The van der Waals surface area contributed by atoms with Gasteiger partial charge in [-0.15, -0.1) is 0 Å². The maximum absolute atomic E-state index is 9.62. The standard InChI is InChI=1S/C10H12N2O2/c1-6(11)9(13)10-12-7-4-2-3-5-8(7)14-10/h2-6,9,13H,11H2,1H3/t6-,9-/m1/s1. The van der Waals surface area contributed by atoms with E-state index in [0.717, 1.165) is 5.52 Å². The molecule has 0 aliphatic heterocycles. The van der Waals surface area contributed by atoms with E-state index in [-0.39, 0.29) is 11.9 Å². The molecule has 2 atom stereocenters. The van der Waals surface area contributed by atoms with Gasteiger partial charge in [0.05, 0.1) is 0 Å². The van der Waals surface area contributed by atoms with Gasteiger partial charge in [0, 0.05) is 6.04 Å². The van der Waals surface area contributed by atoms with Crippen LogP contribution in [0, 0.1) is 0 Å². The van der Waals surface area contributed by atoms with Gasteiger partial charge in [-0.05, 0) is 19.1 Å². The van der Waals surface area contributed by atoms with Gasteiger partial charge in [0.25, 0.3) is 0 Å². The van der Waals surface area contributed by atoms with E-state index in [0.29, 0.717) is 5.58 Å². The van der Waals surface area contributed by atoms with Crippen molar-refractivity contribution in [2.75, 3.05) is 0 Å². The average Bonchev–Trinajstić information content (AvgIpc) is 2.59. The van der Waals surface area contributed by atoms with Crippen LogP contribution < -0.4 is 5.73 Å². The molecule has 1 aromatic carbocycles. The molecule has 0 amide bonds. The van der Waals surface area contributed by atoms with E-state index in [1.165, 1.54) is 0 Å². The Bertz CT molecular complexity index is 403. The van der Waals surface area contributed by atoms with Gasteiger partial charge in [0.2, 0.25) is 5.89 Å². The predicted octanol–water partition coefficient (Wildman–Crippen LogP) is 1.21. The topological polar surface area (TPSA) is 72.3 Å². The van der Waals surface area contributed by atoms with Crippen molar-refractivity contribution in [3.8, 4) is 0 Å². The number of nitrogens with zero attached hydrogens (tertiary/aromatic N) is 1. The number of fused-ring (bicyclic) bond motifs is 1. The first-order chi connectivity index (χ1) is 6.68. The van der Waals surface area contributed by atoms with E-state index < -0.39 is 6.10 Å². The summed E-state index contributed by atoms with van der Waals surface area (Å²) in [6, 6.07) is 6.97. The van der Waals surface area contributed by atoms with Gasteiger partial charge < -0.3 is 15.3 Å². The fourth-order valence-electron chi connectivity index (χ4n) is 1.24. The summed E-state index contributed by atoms with van der Waals surface area (Å²) in [5.41, 5.74) is 6.95. The minimum absolute atomic E-state index is 0.279. The number of para-hydroxylation sites is 2. The molecule has 0 aliphatic carbocycles. The van der Waals surface area contributed by atoms with Crippen molar-refractivity contribution < 1.29 is 9.52 Å². The number of oxazole rings is 1. The summed E-state index contributed by atoms with van der Waals surface area (Å²) in [6.45, 7) is 1.71. The molecule has 2 aromatic rings. The molecule has 4 nitrogen and oxygen atoms in total. The van der Waals surface area contributed by atoms with Crippen LogP contribution in [0.2, 0.25) is 0 Å². The number of benzene rings is 1. The highest BCUT2D eigenvalue weighted by atomic mass is 16.4. The first-order valence-electron chi connectivity index (χ1n) is 4.47. The van der Waals surface area contributed by atoms with Gasteiger partial charge in [0.15, 0.2) is 5.58 Å². The first kappa shape index (κ1) is 9.18. The molecule has 0 radical (unpaired) electrons. The number of rotatable bonds is 2. The maximum Gasteiger partial charge on any atom is 0.225 e. The molecule has 0 bridgehead atoms. The number of nitrogens with two attached hydrogens (primary N) is 1. The quantitative estimate of drug-likeness (QED) is 0.750. The molecule has 2 rings (SSSR count). The molecule has 0 saturated heterocycles. The monoisotopic (exact) mass is 192 g/mol. The average molecular weight is 192 g/mol. The Morgan fingerprint density at radius 3 is 2.79 bits per heavy atom. The summed E-state index contributed by atoms with van der Waals surface area (Å²) < 4.78 is 5.35. The molecule has 14 heavy (non-hydrogen) atoms. The number of aliphatic hydroxyl groups is 1. The Morgan fingerprint density at radius 1 is 1.43 bits per heavy atom. The van der Waals surface area contributed by atoms with Crippen LogP contribution in [0.25, 0.3) is 11.1 Å². The van der Waals surface area contributed by atoms with Crippen molar-refractivity contribution in [2.45, 2.75) is 19.1 Å². The second kappa shape index (κ2) is 3.40. The molecule has 4 heteroatoms. The van der Waals surface area contributed by atoms with Crippen LogP contribution in [-0.2, 0) is 0 Å². The van der Waals surface area contributed by atoms with E-state index in [9.17, 15) is 5.11 Å². The van der Waals surface area contributed by atoms with Crippen LogP contribution >= 0.6 is 0 Å². The minimum Gasteiger partial charge on any atom is -0.438 e. The van der Waals surface area contributed by atoms with E-state index >= 15 is 0 Å². The van der Waals surface area contributed by atoms with Gasteiger partial charge in [-0.2, -0.15) is 0 Å². The molecule has 0 spiro atoms. The number of aromatic nitrogens is 1. The molecule has 3 N–H and O–H groups in total. The van der Waals surface area contributed by atoms with Crippen molar-refractivity contribution in [3.05, 3.63) is 30.2 Å². The largest absolute Gasteiger partial charge is 0.438 e. The second-order valence-electron chi connectivity index (χ2n) is 3.32. The van der Waals surface area contributed by atoms with Crippen LogP contribution in [0.15, 0.2) is 28.7 Å². The van der Waals surface area contributed by atoms with E-state index in [1.54, 1.807) is 13.0 Å². The lowest BCUT2D eigenvalue weighted by atomic mass is 10.2. The van der Waals surface area contributed by atoms with Gasteiger partial charge in [-0.3, -0.25) is 0 Å². The molecule has 0 unspecified atom stereocenters. The van der Waals surface area contributed by atoms with E-state index in [1.807, 2.05) is 18.2 Å². The second-order valence-corrected chi connectivity index (χ2v) is 3.32. The lowest BCUT2D eigenvalue weighted by molar-refractivity contribution is 0.123. The van der Waals surface area contributed by atoms with Crippen LogP contribution in [0.1, 0.15) is 18.9 Å². The number of hydrogen-bond donors (Lipinski definition) is 2. The molecule has 0 fully saturated rings.